The van der Waals surface area contributed by atoms with Gasteiger partial charge >= 0.3 is 0 Å². The summed E-state index contributed by atoms with van der Waals surface area (Å²) in [4.78, 5) is 26.5. The summed E-state index contributed by atoms with van der Waals surface area (Å²) in [5.41, 5.74) is 0.796. The van der Waals surface area contributed by atoms with Crippen LogP contribution in [0.25, 0.3) is 0 Å². The molecule has 0 fully saturated rings. The van der Waals surface area contributed by atoms with Crippen molar-refractivity contribution in [3.05, 3.63) is 58.1 Å². The molecule has 0 aliphatic carbocycles. The average Bonchev–Trinajstić information content (AvgIpc) is 2.61. The number of rotatable bonds is 8. The Morgan fingerprint density at radius 3 is 2.50 bits per heavy atom. The van der Waals surface area contributed by atoms with Gasteiger partial charge in [0, 0.05) is 18.1 Å². The summed E-state index contributed by atoms with van der Waals surface area (Å²) in [5, 5.41) is 6.30. The lowest BCUT2D eigenvalue weighted by Crippen LogP contribution is -2.32. The Labute approximate surface area is 180 Å². The number of hydrogen-bond acceptors (Lipinski definition) is 4. The predicted molar refractivity (Wildman–Crippen MR) is 115 cm³/mol. The van der Waals surface area contributed by atoms with Gasteiger partial charge in [0.15, 0.2) is 6.61 Å². The SMILES string of the molecule is CN(C)CCNC(=O)c1ccccc1NC(=O)COc1ccc(Cl)cc1Cl.Cl. The Morgan fingerprint density at radius 1 is 1.11 bits per heavy atom. The summed E-state index contributed by atoms with van der Waals surface area (Å²) in [6, 6.07) is 11.5. The Kier molecular flexibility index (Phi) is 10.1. The van der Waals surface area contributed by atoms with Gasteiger partial charge in [0.25, 0.3) is 11.8 Å². The fourth-order valence-electron chi connectivity index (χ4n) is 2.20. The van der Waals surface area contributed by atoms with Crippen molar-refractivity contribution in [1.29, 1.82) is 0 Å². The van der Waals surface area contributed by atoms with E-state index in [1.807, 2.05) is 19.0 Å². The van der Waals surface area contributed by atoms with Gasteiger partial charge in [0.05, 0.1) is 16.3 Å². The number of nitrogens with one attached hydrogen (secondary N) is 2. The maximum atomic E-state index is 12.3. The van der Waals surface area contributed by atoms with Crippen LogP contribution in [0.5, 0.6) is 5.75 Å². The van der Waals surface area contributed by atoms with E-state index >= 15 is 0 Å². The van der Waals surface area contributed by atoms with Crippen LogP contribution in [0.15, 0.2) is 42.5 Å². The standard InChI is InChI=1S/C19H21Cl2N3O3.ClH/c1-24(2)10-9-22-19(26)14-5-3-4-6-16(14)23-18(25)12-27-17-8-7-13(20)11-15(17)21;/h3-8,11H,9-10,12H2,1-2H3,(H,22,26)(H,23,25);1H. The topological polar surface area (TPSA) is 70.7 Å². The van der Waals surface area contributed by atoms with Crippen LogP contribution in [0.2, 0.25) is 10.0 Å². The minimum atomic E-state index is -0.408. The first-order chi connectivity index (χ1) is 12.9. The first-order valence-electron chi connectivity index (χ1n) is 8.26. The van der Waals surface area contributed by atoms with Crippen LogP contribution in [0, 0.1) is 0 Å². The lowest BCUT2D eigenvalue weighted by atomic mass is 10.1. The summed E-state index contributed by atoms with van der Waals surface area (Å²) in [6.45, 7) is 0.972. The Morgan fingerprint density at radius 2 is 1.82 bits per heavy atom. The van der Waals surface area contributed by atoms with Crippen LogP contribution in [-0.4, -0.2) is 50.5 Å². The summed E-state index contributed by atoms with van der Waals surface area (Å²) >= 11 is 11.8. The molecule has 0 bridgehead atoms. The number of anilines is 1. The average molecular weight is 447 g/mol. The molecule has 0 heterocycles. The largest absolute Gasteiger partial charge is 0.482 e. The van der Waals surface area contributed by atoms with Crippen molar-refractivity contribution in [1.82, 2.24) is 10.2 Å². The third-order valence-corrected chi connectivity index (χ3v) is 4.07. The second-order valence-corrected chi connectivity index (χ2v) is 6.86. The highest BCUT2D eigenvalue weighted by Gasteiger charge is 2.13. The van der Waals surface area contributed by atoms with Crippen molar-refractivity contribution in [2.45, 2.75) is 0 Å². The van der Waals surface area contributed by atoms with E-state index in [1.54, 1.807) is 36.4 Å². The smallest absolute Gasteiger partial charge is 0.262 e. The number of ether oxygens (including phenoxy) is 1. The van der Waals surface area contributed by atoms with Gasteiger partial charge in [-0.25, -0.2) is 0 Å². The normalized spacial score (nSPS) is 10.2. The minimum absolute atomic E-state index is 0. The van der Waals surface area contributed by atoms with Crippen LogP contribution in [0.3, 0.4) is 0 Å². The van der Waals surface area contributed by atoms with Gasteiger partial charge in [-0.05, 0) is 44.4 Å². The summed E-state index contributed by atoms with van der Waals surface area (Å²) < 4.78 is 5.41. The van der Waals surface area contributed by atoms with E-state index in [-0.39, 0.29) is 24.9 Å². The van der Waals surface area contributed by atoms with Crippen molar-refractivity contribution in [2.24, 2.45) is 0 Å². The molecule has 2 aromatic rings. The Hall–Kier alpha value is -1.99. The lowest BCUT2D eigenvalue weighted by Gasteiger charge is -2.14. The summed E-state index contributed by atoms with van der Waals surface area (Å²) in [5.74, 6) is -0.310. The van der Waals surface area contributed by atoms with Crippen molar-refractivity contribution in [2.75, 3.05) is 39.1 Å². The number of nitrogens with zero attached hydrogens (tertiary/aromatic N) is 1. The predicted octanol–water partition coefficient (Wildman–Crippen LogP) is 3.72. The molecule has 6 nitrogen and oxygen atoms in total. The molecular weight excluding hydrogens is 425 g/mol. The highest BCUT2D eigenvalue weighted by molar-refractivity contribution is 6.35. The monoisotopic (exact) mass is 445 g/mol. The van der Waals surface area contributed by atoms with E-state index in [4.69, 9.17) is 27.9 Å². The molecule has 2 amide bonds. The Bertz CT molecular complexity index is 816. The van der Waals surface area contributed by atoms with E-state index in [0.29, 0.717) is 33.6 Å². The van der Waals surface area contributed by atoms with E-state index in [1.165, 1.54) is 6.07 Å². The second kappa shape index (κ2) is 11.8. The minimum Gasteiger partial charge on any atom is -0.482 e. The van der Waals surface area contributed by atoms with Crippen molar-refractivity contribution in [3.63, 3.8) is 0 Å². The number of amides is 2. The maximum Gasteiger partial charge on any atom is 0.262 e. The molecule has 2 N–H and O–H groups in total. The zero-order valence-electron chi connectivity index (χ0n) is 15.5. The van der Waals surface area contributed by atoms with E-state index in [0.717, 1.165) is 6.54 Å². The number of carbonyl (C=O) groups is 2. The highest BCUT2D eigenvalue weighted by Crippen LogP contribution is 2.27. The van der Waals surface area contributed by atoms with Crippen LogP contribution >= 0.6 is 35.6 Å². The van der Waals surface area contributed by atoms with Crippen LogP contribution in [0.4, 0.5) is 5.69 Å². The number of likely N-dealkylation sites (N-methyl/N-ethyl adjacent to an activating group) is 1. The van der Waals surface area contributed by atoms with Gasteiger partial charge in [0.2, 0.25) is 0 Å². The van der Waals surface area contributed by atoms with Crippen molar-refractivity contribution >= 4 is 53.1 Å². The lowest BCUT2D eigenvalue weighted by molar-refractivity contribution is -0.118. The molecule has 0 atom stereocenters. The molecule has 2 aromatic carbocycles. The summed E-state index contributed by atoms with van der Waals surface area (Å²) in [6.07, 6.45) is 0. The first-order valence-corrected chi connectivity index (χ1v) is 9.02. The van der Waals surface area contributed by atoms with E-state index in [2.05, 4.69) is 10.6 Å². The molecule has 0 aromatic heterocycles. The third-order valence-electron chi connectivity index (χ3n) is 3.54. The second-order valence-electron chi connectivity index (χ2n) is 6.02. The highest BCUT2D eigenvalue weighted by atomic mass is 35.5. The molecule has 0 spiro atoms. The molecule has 0 aliphatic heterocycles. The molecular formula is C19H22Cl3N3O3. The molecule has 0 saturated heterocycles. The van der Waals surface area contributed by atoms with Crippen LogP contribution in [-0.2, 0) is 4.79 Å². The molecule has 152 valence electrons. The molecule has 28 heavy (non-hydrogen) atoms. The van der Waals surface area contributed by atoms with Crippen LogP contribution in [0.1, 0.15) is 10.4 Å². The third kappa shape index (κ3) is 7.56. The number of benzene rings is 2. The molecule has 0 aliphatic rings. The molecule has 0 unspecified atom stereocenters. The van der Waals surface area contributed by atoms with E-state index in [9.17, 15) is 9.59 Å². The molecule has 2 rings (SSSR count). The van der Waals surface area contributed by atoms with Gasteiger partial charge in [-0.2, -0.15) is 0 Å². The zero-order valence-corrected chi connectivity index (χ0v) is 17.8. The van der Waals surface area contributed by atoms with Crippen LogP contribution < -0.4 is 15.4 Å². The first kappa shape index (κ1) is 24.0. The number of para-hydroxylation sites is 1. The maximum absolute atomic E-state index is 12.3. The van der Waals surface area contributed by atoms with Crippen molar-refractivity contribution < 1.29 is 14.3 Å². The van der Waals surface area contributed by atoms with Gasteiger partial charge < -0.3 is 20.3 Å². The van der Waals surface area contributed by atoms with Gasteiger partial charge in [-0.15, -0.1) is 12.4 Å². The molecule has 9 heteroatoms. The van der Waals surface area contributed by atoms with Gasteiger partial charge in [-0.3, -0.25) is 9.59 Å². The number of hydrogen-bond donors (Lipinski definition) is 2. The quantitative estimate of drug-likeness (QED) is 0.648. The van der Waals surface area contributed by atoms with E-state index < -0.39 is 5.91 Å². The van der Waals surface area contributed by atoms with Gasteiger partial charge in [-0.1, -0.05) is 35.3 Å². The molecule has 0 saturated carbocycles. The number of halogens is 3. The Balaban J connectivity index is 0.00000392. The fraction of sp³-hybridized carbons (Fsp3) is 0.263. The molecule has 0 radical (unpaired) electrons. The summed E-state index contributed by atoms with van der Waals surface area (Å²) in [7, 11) is 3.85. The number of carbonyl (C=O) groups excluding carboxylic acids is 2. The fourth-order valence-corrected chi connectivity index (χ4v) is 2.66. The zero-order chi connectivity index (χ0) is 19.8. The van der Waals surface area contributed by atoms with Gasteiger partial charge in [0.1, 0.15) is 5.75 Å². The van der Waals surface area contributed by atoms with Crippen molar-refractivity contribution in [3.8, 4) is 5.75 Å².